The minimum Gasteiger partial charge on any atom is -0.456 e. The first kappa shape index (κ1) is 17.3. The molecule has 0 spiro atoms. The number of alkyl halides is 1. The summed E-state index contributed by atoms with van der Waals surface area (Å²) in [5.74, 6) is 0.666. The molecule has 0 aliphatic rings. The number of nitrogens with one attached hydrogen (secondary N) is 1. The molecule has 9 nitrogen and oxygen atoms in total. The summed E-state index contributed by atoms with van der Waals surface area (Å²) in [7, 11) is 0. The van der Waals surface area contributed by atoms with Gasteiger partial charge in [0.25, 0.3) is 0 Å². The molecule has 0 atom stereocenters. The van der Waals surface area contributed by atoms with Crippen LogP contribution in [0, 0.1) is 10.1 Å². The molecular weight excluding hydrogens is 367 g/mol. The summed E-state index contributed by atoms with van der Waals surface area (Å²) in [5.41, 5.74) is 0.750. The number of hydrogen-bond acceptors (Lipinski definition) is 7. The van der Waals surface area contributed by atoms with Crippen LogP contribution < -0.4 is 10.1 Å². The Morgan fingerprint density at radius 3 is 2.89 bits per heavy atom. The predicted octanol–water partition coefficient (Wildman–Crippen LogP) is 3.77. The number of pyridine rings is 1. The number of nitro groups is 1. The number of aromatic nitrogens is 4. The number of nitro benzene ring substituents is 1. The Labute approximate surface area is 157 Å². The lowest BCUT2D eigenvalue weighted by molar-refractivity contribution is -0.385. The Morgan fingerprint density at radius 1 is 1.18 bits per heavy atom. The molecule has 3 aromatic heterocycles. The summed E-state index contributed by atoms with van der Waals surface area (Å²) in [5, 5.41) is 15.0. The van der Waals surface area contributed by atoms with Crippen molar-refractivity contribution < 1.29 is 14.1 Å². The van der Waals surface area contributed by atoms with E-state index in [4.69, 9.17) is 0 Å². The maximum Gasteiger partial charge on any atom is 0.313 e. The van der Waals surface area contributed by atoms with E-state index in [1.807, 2.05) is 29.0 Å². The van der Waals surface area contributed by atoms with Gasteiger partial charge in [-0.1, -0.05) is 0 Å². The topological polar surface area (TPSA) is 108 Å². The third kappa shape index (κ3) is 3.30. The molecule has 0 saturated heterocycles. The molecule has 1 N–H and O–H groups in total. The molecule has 10 heteroatoms. The van der Waals surface area contributed by atoms with Gasteiger partial charge in [0, 0.05) is 35.7 Å². The molecule has 0 saturated carbocycles. The van der Waals surface area contributed by atoms with Crippen molar-refractivity contribution in [1.82, 2.24) is 19.5 Å². The van der Waals surface area contributed by atoms with Gasteiger partial charge in [-0.15, -0.1) is 0 Å². The van der Waals surface area contributed by atoms with Gasteiger partial charge < -0.3 is 10.1 Å². The van der Waals surface area contributed by atoms with Crippen LogP contribution in [-0.4, -0.2) is 31.3 Å². The van der Waals surface area contributed by atoms with E-state index in [9.17, 15) is 14.5 Å². The van der Waals surface area contributed by atoms with Crippen molar-refractivity contribution in [2.24, 2.45) is 0 Å². The van der Waals surface area contributed by atoms with E-state index in [0.717, 1.165) is 11.0 Å². The molecule has 0 bridgehead atoms. The van der Waals surface area contributed by atoms with Gasteiger partial charge in [0.1, 0.15) is 11.5 Å². The molecule has 0 fully saturated rings. The lowest BCUT2D eigenvalue weighted by Crippen LogP contribution is -2.03. The summed E-state index contributed by atoms with van der Waals surface area (Å²) in [4.78, 5) is 23.4. The van der Waals surface area contributed by atoms with Crippen LogP contribution in [0.25, 0.3) is 16.9 Å². The molecule has 3 heterocycles. The summed E-state index contributed by atoms with van der Waals surface area (Å²) >= 11 is 0. The van der Waals surface area contributed by atoms with E-state index in [2.05, 4.69) is 25.0 Å². The van der Waals surface area contributed by atoms with Crippen LogP contribution in [0.3, 0.4) is 0 Å². The fraction of sp³-hybridized carbons (Fsp3) is 0.0556. The Balaban J connectivity index is 1.66. The zero-order valence-electron chi connectivity index (χ0n) is 14.3. The minimum atomic E-state index is -1.16. The third-order valence-corrected chi connectivity index (χ3v) is 3.96. The average Bonchev–Trinajstić information content (AvgIpc) is 3.13. The van der Waals surface area contributed by atoms with Crippen LogP contribution in [0.15, 0.2) is 61.1 Å². The van der Waals surface area contributed by atoms with Gasteiger partial charge >= 0.3 is 5.69 Å². The van der Waals surface area contributed by atoms with Crippen LogP contribution in [0.5, 0.6) is 5.75 Å². The summed E-state index contributed by atoms with van der Waals surface area (Å²) < 4.78 is 18.8. The molecule has 140 valence electrons. The Bertz CT molecular complexity index is 1160. The van der Waals surface area contributed by atoms with Crippen molar-refractivity contribution >= 4 is 28.4 Å². The van der Waals surface area contributed by atoms with Gasteiger partial charge in [0.05, 0.1) is 4.92 Å². The maximum atomic E-state index is 12.4. The fourth-order valence-electron chi connectivity index (χ4n) is 2.74. The minimum absolute atomic E-state index is 0.155. The first-order valence-corrected chi connectivity index (χ1v) is 8.15. The van der Waals surface area contributed by atoms with Crippen molar-refractivity contribution in [2.45, 2.75) is 0 Å². The predicted molar refractivity (Wildman–Crippen MR) is 99.6 cm³/mol. The standard InChI is InChI=1S/C18H13FN6O3/c19-11-28-15-4-3-13(10-14(15)25(26)27)22-18-21-8-5-16(23-18)24-9-6-12-2-1-7-20-17(12)24/h1-10H,11H2,(H,21,22,23). The summed E-state index contributed by atoms with van der Waals surface area (Å²) in [6, 6.07) is 11.5. The van der Waals surface area contributed by atoms with Crippen molar-refractivity contribution in [2.75, 3.05) is 12.2 Å². The van der Waals surface area contributed by atoms with E-state index in [0.29, 0.717) is 11.5 Å². The van der Waals surface area contributed by atoms with E-state index in [1.165, 1.54) is 18.2 Å². The number of hydrogen-bond donors (Lipinski definition) is 1. The van der Waals surface area contributed by atoms with Gasteiger partial charge in [-0.25, -0.2) is 14.4 Å². The average molecular weight is 380 g/mol. The Hall–Kier alpha value is -4.08. The highest BCUT2D eigenvalue weighted by Crippen LogP contribution is 2.31. The zero-order chi connectivity index (χ0) is 19.5. The molecule has 0 radical (unpaired) electrons. The Kier molecular flexibility index (Phi) is 4.50. The number of fused-ring (bicyclic) bond motifs is 1. The van der Waals surface area contributed by atoms with E-state index >= 15 is 0 Å². The van der Waals surface area contributed by atoms with Gasteiger partial charge in [0.2, 0.25) is 12.8 Å². The van der Waals surface area contributed by atoms with Crippen molar-refractivity contribution in [3.8, 4) is 11.6 Å². The number of nitrogens with zero attached hydrogens (tertiary/aromatic N) is 5. The molecule has 0 unspecified atom stereocenters. The molecule has 0 aliphatic carbocycles. The molecule has 0 amide bonds. The lowest BCUT2D eigenvalue weighted by Gasteiger charge is -2.09. The van der Waals surface area contributed by atoms with Crippen LogP contribution >= 0.6 is 0 Å². The van der Waals surface area contributed by atoms with Gasteiger partial charge in [-0.2, -0.15) is 4.98 Å². The van der Waals surface area contributed by atoms with E-state index in [-0.39, 0.29) is 17.4 Å². The number of rotatable bonds is 6. The first-order chi connectivity index (χ1) is 13.7. The second kappa shape index (κ2) is 7.27. The Morgan fingerprint density at radius 2 is 2.07 bits per heavy atom. The van der Waals surface area contributed by atoms with Crippen LogP contribution in [0.2, 0.25) is 0 Å². The van der Waals surface area contributed by atoms with Gasteiger partial charge in [0.15, 0.2) is 5.75 Å². The zero-order valence-corrected chi connectivity index (χ0v) is 14.3. The summed E-state index contributed by atoms with van der Waals surface area (Å²) in [6.07, 6.45) is 5.10. The second-order valence-corrected chi connectivity index (χ2v) is 5.66. The smallest absolute Gasteiger partial charge is 0.313 e. The SMILES string of the molecule is O=[N+]([O-])c1cc(Nc2nccc(-n3ccc4cccnc43)n2)ccc1OCF. The van der Waals surface area contributed by atoms with Crippen molar-refractivity contribution in [1.29, 1.82) is 0 Å². The van der Waals surface area contributed by atoms with E-state index in [1.54, 1.807) is 18.5 Å². The van der Waals surface area contributed by atoms with Crippen molar-refractivity contribution in [3.63, 3.8) is 0 Å². The molecule has 28 heavy (non-hydrogen) atoms. The highest BCUT2D eigenvalue weighted by molar-refractivity contribution is 5.77. The first-order valence-electron chi connectivity index (χ1n) is 8.15. The van der Waals surface area contributed by atoms with Crippen molar-refractivity contribution in [3.05, 3.63) is 71.2 Å². The lowest BCUT2D eigenvalue weighted by atomic mass is 10.2. The normalized spacial score (nSPS) is 10.8. The molecular formula is C18H13FN6O3. The number of benzene rings is 1. The quantitative estimate of drug-likeness (QED) is 0.401. The highest BCUT2D eigenvalue weighted by atomic mass is 19.1. The molecule has 4 aromatic rings. The second-order valence-electron chi connectivity index (χ2n) is 5.66. The van der Waals surface area contributed by atoms with Crippen LogP contribution in [0.1, 0.15) is 0 Å². The van der Waals surface area contributed by atoms with Crippen LogP contribution in [0.4, 0.5) is 21.7 Å². The number of anilines is 2. The molecule has 0 aliphatic heterocycles. The fourth-order valence-corrected chi connectivity index (χ4v) is 2.74. The van der Waals surface area contributed by atoms with Gasteiger partial charge in [-0.3, -0.25) is 14.7 Å². The maximum absolute atomic E-state index is 12.4. The van der Waals surface area contributed by atoms with E-state index < -0.39 is 11.8 Å². The molecule has 1 aromatic carbocycles. The highest BCUT2D eigenvalue weighted by Gasteiger charge is 2.16. The number of ether oxygens (including phenoxy) is 1. The monoisotopic (exact) mass is 380 g/mol. The van der Waals surface area contributed by atoms with Crippen LogP contribution in [-0.2, 0) is 0 Å². The van der Waals surface area contributed by atoms with Gasteiger partial charge in [-0.05, 0) is 36.4 Å². The largest absolute Gasteiger partial charge is 0.456 e. The molecule has 4 rings (SSSR count). The summed E-state index contributed by atoms with van der Waals surface area (Å²) in [6.45, 7) is -1.16. The number of halogens is 1. The third-order valence-electron chi connectivity index (χ3n) is 3.96.